The third kappa shape index (κ3) is 7.06. The summed E-state index contributed by atoms with van der Waals surface area (Å²) in [5.74, 6) is 1.47. The molecule has 330 valence electrons. The molecule has 71 heavy (non-hydrogen) atoms. The van der Waals surface area contributed by atoms with Crippen molar-refractivity contribution in [2.75, 3.05) is 0 Å². The highest BCUT2D eigenvalue weighted by molar-refractivity contribution is 6.29. The Labute approximate surface area is 411 Å². The van der Waals surface area contributed by atoms with Gasteiger partial charge in [-0.15, -0.1) is 0 Å². The summed E-state index contributed by atoms with van der Waals surface area (Å²) < 4.78 is 2.37. The van der Waals surface area contributed by atoms with Crippen LogP contribution in [-0.2, 0) is 0 Å². The van der Waals surface area contributed by atoms with Crippen molar-refractivity contribution >= 4 is 64.9 Å². The largest absolute Gasteiger partial charge is 0.294 e. The van der Waals surface area contributed by atoms with Gasteiger partial charge < -0.3 is 0 Å². The van der Waals surface area contributed by atoms with Gasteiger partial charge >= 0.3 is 0 Å². The highest BCUT2D eigenvalue weighted by atomic mass is 15.1. The number of benzene rings is 12. The first-order valence-electron chi connectivity index (χ1n) is 24.3. The van der Waals surface area contributed by atoms with Gasteiger partial charge in [-0.2, -0.15) is 0 Å². The summed E-state index contributed by atoms with van der Waals surface area (Å²) in [6.45, 7) is 0. The molecule has 12 aromatic carbocycles. The lowest BCUT2D eigenvalue weighted by Crippen LogP contribution is -2.02. The van der Waals surface area contributed by atoms with Gasteiger partial charge in [0, 0.05) is 28.0 Å². The highest BCUT2D eigenvalue weighted by Crippen LogP contribution is 2.43. The van der Waals surface area contributed by atoms with Gasteiger partial charge in [0.2, 0.25) is 0 Å². The van der Waals surface area contributed by atoms with Crippen molar-refractivity contribution in [2.45, 2.75) is 0 Å². The van der Waals surface area contributed by atoms with Gasteiger partial charge in [-0.05, 0) is 124 Å². The van der Waals surface area contributed by atoms with Gasteiger partial charge in [0.1, 0.15) is 5.82 Å². The molecule has 3 nitrogen and oxygen atoms in total. The van der Waals surface area contributed by atoms with Crippen LogP contribution < -0.4 is 0 Å². The number of aromatic nitrogens is 3. The van der Waals surface area contributed by atoms with E-state index in [1.807, 2.05) is 0 Å². The first-order valence-corrected chi connectivity index (χ1v) is 24.3. The summed E-state index contributed by atoms with van der Waals surface area (Å²) in [6.07, 6.45) is 0. The standard InChI is InChI=1S/C68H43N3/c1-4-14-44(15-5-1)48-24-29-50(30-25-48)64-43-67(70-68(69-64)51-31-26-49(27-32-51)45-16-6-2-7-17-45)71-65-37-35-54(46-18-8-3-9-19-46)40-62(65)63-41-60-59-39-55(53-33-28-47-20-10-11-21-52(47)38-53)34-36-58(59)56-22-12-13-23-57(56)61(60)42-66(63)71/h1-43H. The average Bonchev–Trinajstić information content (AvgIpc) is 3.78. The van der Waals surface area contributed by atoms with E-state index >= 15 is 0 Å². The maximum atomic E-state index is 5.53. The van der Waals surface area contributed by atoms with Crippen LogP contribution in [0.25, 0.3) is 138 Å². The van der Waals surface area contributed by atoms with Crippen LogP contribution in [0.1, 0.15) is 0 Å². The third-order valence-corrected chi connectivity index (χ3v) is 14.4. The van der Waals surface area contributed by atoms with E-state index in [0.29, 0.717) is 5.82 Å². The third-order valence-electron chi connectivity index (χ3n) is 14.4. The molecule has 0 amide bonds. The molecule has 0 aliphatic rings. The Hall–Kier alpha value is -9.44. The maximum absolute atomic E-state index is 5.53. The van der Waals surface area contributed by atoms with Crippen LogP contribution in [0.15, 0.2) is 261 Å². The van der Waals surface area contributed by atoms with Crippen LogP contribution in [0.5, 0.6) is 0 Å². The van der Waals surface area contributed by atoms with Gasteiger partial charge in [-0.3, -0.25) is 4.57 Å². The molecule has 0 saturated heterocycles. The van der Waals surface area contributed by atoms with E-state index in [0.717, 1.165) is 50.2 Å². The molecule has 14 aromatic rings. The fraction of sp³-hybridized carbons (Fsp3) is 0. The predicted octanol–water partition coefficient (Wildman–Crippen LogP) is 18.2. The Morgan fingerprint density at radius 1 is 0.225 bits per heavy atom. The Morgan fingerprint density at radius 2 is 0.662 bits per heavy atom. The zero-order chi connectivity index (χ0) is 46.8. The van der Waals surface area contributed by atoms with Crippen molar-refractivity contribution < 1.29 is 0 Å². The summed E-state index contributed by atoms with van der Waals surface area (Å²) in [7, 11) is 0. The lowest BCUT2D eigenvalue weighted by atomic mass is 9.90. The average molecular weight is 902 g/mol. The number of fused-ring (bicyclic) bond motifs is 10. The van der Waals surface area contributed by atoms with Crippen molar-refractivity contribution in [3.05, 3.63) is 261 Å². The summed E-state index contributed by atoms with van der Waals surface area (Å²) >= 11 is 0. The molecule has 0 saturated carbocycles. The van der Waals surface area contributed by atoms with Crippen molar-refractivity contribution in [3.8, 4) is 73.0 Å². The highest BCUT2D eigenvalue weighted by Gasteiger charge is 2.21. The van der Waals surface area contributed by atoms with E-state index in [1.54, 1.807) is 0 Å². The first-order chi connectivity index (χ1) is 35.2. The van der Waals surface area contributed by atoms with E-state index in [-0.39, 0.29) is 0 Å². The summed E-state index contributed by atoms with van der Waals surface area (Å²) in [5, 5.41) is 12.2. The van der Waals surface area contributed by atoms with E-state index in [9.17, 15) is 0 Å². The lowest BCUT2D eigenvalue weighted by Gasteiger charge is -2.15. The monoisotopic (exact) mass is 901 g/mol. The lowest BCUT2D eigenvalue weighted by molar-refractivity contribution is 1.05. The molecule has 14 rings (SSSR count). The molecule has 0 aliphatic carbocycles. The molecular weight excluding hydrogens is 859 g/mol. The van der Waals surface area contributed by atoms with Crippen molar-refractivity contribution in [2.24, 2.45) is 0 Å². The molecule has 2 heterocycles. The van der Waals surface area contributed by atoms with E-state index in [4.69, 9.17) is 9.97 Å². The molecule has 0 aliphatic heterocycles. The Kier molecular flexibility index (Phi) is 9.53. The summed E-state index contributed by atoms with van der Waals surface area (Å²) in [6, 6.07) is 94.4. The SMILES string of the molecule is c1ccc(-c2ccc(-c3cc(-n4c5ccc(-c6ccccc6)cc5c5cc6c7cc(-c8ccc9ccccc9c8)ccc7c7ccccc7c6cc54)nc(-c4ccc(-c5ccccc5)cc4)n3)cc2)cc1. The van der Waals surface area contributed by atoms with Gasteiger partial charge in [0.15, 0.2) is 5.82 Å². The molecule has 3 heteroatoms. The van der Waals surface area contributed by atoms with Gasteiger partial charge in [0.25, 0.3) is 0 Å². The Morgan fingerprint density at radius 3 is 1.35 bits per heavy atom. The molecule has 0 N–H and O–H groups in total. The Balaban J connectivity index is 1.03. The molecule has 0 spiro atoms. The van der Waals surface area contributed by atoms with Gasteiger partial charge in [-0.1, -0.05) is 218 Å². The number of rotatable bonds is 7. The quantitative estimate of drug-likeness (QED) is 0.149. The zero-order valence-corrected chi connectivity index (χ0v) is 38.7. The topological polar surface area (TPSA) is 30.7 Å². The minimum Gasteiger partial charge on any atom is -0.294 e. The molecule has 0 radical (unpaired) electrons. The van der Waals surface area contributed by atoms with Crippen LogP contribution in [0.2, 0.25) is 0 Å². The van der Waals surface area contributed by atoms with E-state index < -0.39 is 0 Å². The Bertz CT molecular complexity index is 4250. The number of nitrogens with zero attached hydrogens (tertiary/aromatic N) is 3. The molecule has 2 aromatic heterocycles. The van der Waals surface area contributed by atoms with E-state index in [2.05, 4.69) is 265 Å². The second-order valence-corrected chi connectivity index (χ2v) is 18.5. The van der Waals surface area contributed by atoms with Crippen molar-refractivity contribution in [3.63, 3.8) is 0 Å². The molecule has 0 unspecified atom stereocenters. The van der Waals surface area contributed by atoms with Crippen molar-refractivity contribution in [1.29, 1.82) is 0 Å². The molecular formula is C68H43N3. The van der Waals surface area contributed by atoms with Gasteiger partial charge in [-0.25, -0.2) is 9.97 Å². The number of hydrogen-bond acceptors (Lipinski definition) is 2. The molecule has 0 bridgehead atoms. The zero-order valence-electron chi connectivity index (χ0n) is 38.7. The fourth-order valence-corrected chi connectivity index (χ4v) is 10.8. The fourth-order valence-electron chi connectivity index (χ4n) is 10.8. The maximum Gasteiger partial charge on any atom is 0.162 e. The smallest absolute Gasteiger partial charge is 0.162 e. The van der Waals surface area contributed by atoms with Crippen LogP contribution in [0.3, 0.4) is 0 Å². The van der Waals surface area contributed by atoms with Crippen LogP contribution in [0, 0.1) is 0 Å². The van der Waals surface area contributed by atoms with Gasteiger partial charge in [0.05, 0.1) is 16.7 Å². The second kappa shape index (κ2) is 16.7. The van der Waals surface area contributed by atoms with E-state index in [1.165, 1.54) is 81.9 Å². The van der Waals surface area contributed by atoms with Crippen molar-refractivity contribution in [1.82, 2.24) is 14.5 Å². The predicted molar refractivity (Wildman–Crippen MR) is 299 cm³/mol. The summed E-state index contributed by atoms with van der Waals surface area (Å²) in [5.41, 5.74) is 14.4. The second-order valence-electron chi connectivity index (χ2n) is 18.5. The molecule has 0 atom stereocenters. The van der Waals surface area contributed by atoms with Crippen LogP contribution in [-0.4, -0.2) is 14.5 Å². The minimum absolute atomic E-state index is 0.665. The van der Waals surface area contributed by atoms with Crippen LogP contribution in [0.4, 0.5) is 0 Å². The van der Waals surface area contributed by atoms with Crippen LogP contribution >= 0.6 is 0 Å². The first kappa shape index (κ1) is 40.6. The number of hydrogen-bond donors (Lipinski definition) is 0. The normalized spacial score (nSPS) is 11.7. The molecule has 0 fully saturated rings. The summed E-state index contributed by atoms with van der Waals surface area (Å²) in [4.78, 5) is 10.9. The minimum atomic E-state index is 0.665.